The molecule has 2 rings (SSSR count). The summed E-state index contributed by atoms with van der Waals surface area (Å²) >= 11 is 0. The molecule has 0 saturated heterocycles. The zero-order chi connectivity index (χ0) is 17.7. The molecule has 1 aromatic rings. The van der Waals surface area contributed by atoms with E-state index in [2.05, 4.69) is 10.6 Å². The van der Waals surface area contributed by atoms with Gasteiger partial charge in [0.05, 0.1) is 18.5 Å². The second kappa shape index (κ2) is 7.88. The van der Waals surface area contributed by atoms with Crippen molar-refractivity contribution in [3.63, 3.8) is 0 Å². The number of benzene rings is 1. The zero-order valence-corrected chi connectivity index (χ0v) is 15.4. The van der Waals surface area contributed by atoms with Gasteiger partial charge < -0.3 is 10.6 Å². The van der Waals surface area contributed by atoms with E-state index in [9.17, 15) is 13.2 Å². The third-order valence-electron chi connectivity index (χ3n) is 4.13. The minimum absolute atomic E-state index is 0.223. The summed E-state index contributed by atoms with van der Waals surface area (Å²) in [5.74, 6) is 0. The lowest BCUT2D eigenvalue weighted by molar-refractivity contribution is 0.241. The Bertz CT molecular complexity index is 662. The summed E-state index contributed by atoms with van der Waals surface area (Å²) in [6, 6.07) is 5.93. The molecule has 0 radical (unpaired) electrons. The number of sulfonamides is 1. The summed E-state index contributed by atoms with van der Waals surface area (Å²) < 4.78 is 26.1. The van der Waals surface area contributed by atoms with E-state index >= 15 is 0 Å². The number of nitrogens with zero attached hydrogens (tertiary/aromatic N) is 1. The minimum Gasteiger partial charge on any atom is -0.336 e. The van der Waals surface area contributed by atoms with Gasteiger partial charge in [-0.1, -0.05) is 32.0 Å². The molecule has 24 heavy (non-hydrogen) atoms. The maximum atomic E-state index is 12.3. The Morgan fingerprint density at radius 3 is 2.25 bits per heavy atom. The predicted octanol–water partition coefficient (Wildman–Crippen LogP) is 2.04. The van der Waals surface area contributed by atoms with E-state index in [1.165, 1.54) is 10.6 Å². The van der Waals surface area contributed by atoms with Crippen LogP contribution < -0.4 is 14.9 Å². The van der Waals surface area contributed by atoms with Crippen molar-refractivity contribution in [2.75, 3.05) is 23.7 Å². The third kappa shape index (κ3) is 4.87. The van der Waals surface area contributed by atoms with E-state index < -0.39 is 10.0 Å². The summed E-state index contributed by atoms with van der Waals surface area (Å²) in [6.45, 7) is 4.52. The molecular formula is C17H27N3O3S. The first kappa shape index (κ1) is 18.6. The smallest absolute Gasteiger partial charge is 0.315 e. The van der Waals surface area contributed by atoms with Crippen molar-refractivity contribution in [3.8, 4) is 0 Å². The average molecular weight is 353 g/mol. The lowest BCUT2D eigenvalue weighted by Crippen LogP contribution is -2.43. The summed E-state index contributed by atoms with van der Waals surface area (Å²) in [6.07, 6.45) is 4.76. The number of hydrogen-bond donors (Lipinski definition) is 2. The summed E-state index contributed by atoms with van der Waals surface area (Å²) in [5, 5.41) is 5.58. The van der Waals surface area contributed by atoms with E-state index in [1.807, 2.05) is 32.0 Å². The fourth-order valence-electron chi connectivity index (χ4n) is 2.71. The van der Waals surface area contributed by atoms with Crippen LogP contribution in [0.5, 0.6) is 0 Å². The highest BCUT2D eigenvalue weighted by atomic mass is 32.2. The largest absolute Gasteiger partial charge is 0.336 e. The molecule has 7 heteroatoms. The standard InChI is InChI=1S/C17H27N3O3S/c1-4-13-7-6-8-14(5-2)16(13)20(24(3,22)23)12-11-18-17(21)19-15-9-10-15/h6-8,15H,4-5,9-12H2,1-3H3,(H2,18,19,21). The molecule has 0 bridgehead atoms. The first-order valence-electron chi connectivity index (χ1n) is 8.49. The number of aryl methyl sites for hydroxylation is 2. The molecule has 0 spiro atoms. The summed E-state index contributed by atoms with van der Waals surface area (Å²) in [7, 11) is -3.43. The second-order valence-corrected chi connectivity index (χ2v) is 8.05. The van der Waals surface area contributed by atoms with Gasteiger partial charge in [0, 0.05) is 12.6 Å². The number of amides is 2. The maximum Gasteiger partial charge on any atom is 0.315 e. The van der Waals surface area contributed by atoms with Crippen LogP contribution in [0.4, 0.5) is 10.5 Å². The molecule has 1 aromatic carbocycles. The molecule has 1 aliphatic carbocycles. The highest BCUT2D eigenvalue weighted by molar-refractivity contribution is 7.92. The molecule has 0 heterocycles. The fraction of sp³-hybridized carbons (Fsp3) is 0.588. The Hall–Kier alpha value is -1.76. The SMILES string of the molecule is CCc1cccc(CC)c1N(CCNC(=O)NC1CC1)S(C)(=O)=O. The number of carbonyl (C=O) groups is 1. The van der Waals surface area contributed by atoms with Crippen LogP contribution in [0.1, 0.15) is 37.8 Å². The van der Waals surface area contributed by atoms with E-state index in [1.54, 1.807) is 0 Å². The number of hydrogen-bond acceptors (Lipinski definition) is 3. The van der Waals surface area contributed by atoms with Crippen molar-refractivity contribution in [3.05, 3.63) is 29.3 Å². The number of urea groups is 1. The van der Waals surface area contributed by atoms with Crippen LogP contribution in [0.2, 0.25) is 0 Å². The van der Waals surface area contributed by atoms with Crippen LogP contribution in [0.15, 0.2) is 18.2 Å². The number of carbonyl (C=O) groups excluding carboxylic acids is 1. The van der Waals surface area contributed by atoms with E-state index in [0.29, 0.717) is 0 Å². The van der Waals surface area contributed by atoms with Gasteiger partial charge in [-0.05, 0) is 36.8 Å². The van der Waals surface area contributed by atoms with E-state index in [0.717, 1.165) is 42.5 Å². The molecule has 0 unspecified atom stereocenters. The van der Waals surface area contributed by atoms with Gasteiger partial charge >= 0.3 is 6.03 Å². The number of anilines is 1. The Kier molecular flexibility index (Phi) is 6.10. The maximum absolute atomic E-state index is 12.3. The molecule has 0 aliphatic heterocycles. The number of nitrogens with one attached hydrogen (secondary N) is 2. The van der Waals surface area contributed by atoms with Crippen LogP contribution in [0.3, 0.4) is 0 Å². The van der Waals surface area contributed by atoms with Gasteiger partial charge in [-0.3, -0.25) is 4.31 Å². The number of rotatable bonds is 8. The summed E-state index contributed by atoms with van der Waals surface area (Å²) in [5.41, 5.74) is 2.76. The van der Waals surface area contributed by atoms with Crippen molar-refractivity contribution < 1.29 is 13.2 Å². The van der Waals surface area contributed by atoms with Gasteiger partial charge in [-0.2, -0.15) is 0 Å². The fourth-order valence-corrected chi connectivity index (χ4v) is 3.70. The number of para-hydroxylation sites is 1. The highest BCUT2D eigenvalue weighted by Gasteiger charge is 2.24. The minimum atomic E-state index is -3.43. The van der Waals surface area contributed by atoms with Gasteiger partial charge in [-0.15, -0.1) is 0 Å². The predicted molar refractivity (Wildman–Crippen MR) is 96.9 cm³/mol. The van der Waals surface area contributed by atoms with Gasteiger partial charge in [0.15, 0.2) is 0 Å². The Morgan fingerprint density at radius 2 is 1.79 bits per heavy atom. The van der Waals surface area contributed by atoms with Gasteiger partial charge in [0.1, 0.15) is 0 Å². The van der Waals surface area contributed by atoms with E-state index in [4.69, 9.17) is 0 Å². The van der Waals surface area contributed by atoms with Crippen LogP contribution in [-0.2, 0) is 22.9 Å². The Morgan fingerprint density at radius 1 is 1.21 bits per heavy atom. The topological polar surface area (TPSA) is 78.5 Å². The normalized spacial score (nSPS) is 14.3. The lowest BCUT2D eigenvalue weighted by Gasteiger charge is -2.27. The molecular weight excluding hydrogens is 326 g/mol. The Labute approximate surface area is 144 Å². The lowest BCUT2D eigenvalue weighted by atomic mass is 10.0. The molecule has 1 fully saturated rings. The second-order valence-electron chi connectivity index (χ2n) is 6.14. The van der Waals surface area contributed by atoms with Crippen molar-refractivity contribution in [1.82, 2.24) is 10.6 Å². The highest BCUT2D eigenvalue weighted by Crippen LogP contribution is 2.28. The average Bonchev–Trinajstić information content (AvgIpc) is 3.33. The van der Waals surface area contributed by atoms with Crippen LogP contribution >= 0.6 is 0 Å². The molecule has 6 nitrogen and oxygen atoms in total. The first-order valence-corrected chi connectivity index (χ1v) is 10.3. The zero-order valence-electron chi connectivity index (χ0n) is 14.6. The van der Waals surface area contributed by atoms with Crippen molar-refractivity contribution in [2.45, 2.75) is 45.6 Å². The van der Waals surface area contributed by atoms with E-state index in [-0.39, 0.29) is 25.2 Å². The molecule has 134 valence electrons. The molecule has 2 N–H and O–H groups in total. The quantitative estimate of drug-likeness (QED) is 0.751. The van der Waals surface area contributed by atoms with Crippen molar-refractivity contribution in [2.24, 2.45) is 0 Å². The van der Waals surface area contributed by atoms with Crippen LogP contribution in [0.25, 0.3) is 0 Å². The Balaban J connectivity index is 2.15. The third-order valence-corrected chi connectivity index (χ3v) is 5.29. The molecule has 1 aliphatic rings. The van der Waals surface area contributed by atoms with Gasteiger partial charge in [0.2, 0.25) is 10.0 Å². The summed E-state index contributed by atoms with van der Waals surface area (Å²) in [4.78, 5) is 11.7. The molecule has 0 atom stereocenters. The van der Waals surface area contributed by atoms with Crippen molar-refractivity contribution >= 4 is 21.7 Å². The molecule has 0 aromatic heterocycles. The van der Waals surface area contributed by atoms with Crippen LogP contribution in [-0.4, -0.2) is 39.8 Å². The van der Waals surface area contributed by atoms with Gasteiger partial charge in [-0.25, -0.2) is 13.2 Å². The molecule has 1 saturated carbocycles. The molecule has 2 amide bonds. The van der Waals surface area contributed by atoms with Crippen molar-refractivity contribution in [1.29, 1.82) is 0 Å². The van der Waals surface area contributed by atoms with Crippen LogP contribution in [0, 0.1) is 0 Å². The first-order chi connectivity index (χ1) is 11.4. The van der Waals surface area contributed by atoms with Gasteiger partial charge in [0.25, 0.3) is 0 Å². The monoisotopic (exact) mass is 353 g/mol.